The van der Waals surface area contributed by atoms with E-state index >= 15 is 0 Å². The number of anilines is 2. The molecule has 56 heavy (non-hydrogen) atoms. The Morgan fingerprint density at radius 1 is 0.964 bits per heavy atom. The molecule has 3 aliphatic rings. The largest absolute Gasteiger partial charge is 0.494 e. The predicted molar refractivity (Wildman–Crippen MR) is 202 cm³/mol. The molecule has 1 unspecified atom stereocenters. The molecule has 0 radical (unpaired) electrons. The smallest absolute Gasteiger partial charge is 0.433 e. The number of carbonyl (C=O) groups is 3. The summed E-state index contributed by atoms with van der Waals surface area (Å²) in [6, 6.07) is 12.0. The van der Waals surface area contributed by atoms with Crippen LogP contribution >= 0.6 is 0 Å². The van der Waals surface area contributed by atoms with E-state index in [2.05, 4.69) is 25.4 Å². The van der Waals surface area contributed by atoms with Crippen LogP contribution in [-0.4, -0.2) is 86.4 Å². The Morgan fingerprint density at radius 3 is 2.45 bits per heavy atom. The highest BCUT2D eigenvalue weighted by atomic mass is 19.4. The van der Waals surface area contributed by atoms with Gasteiger partial charge in [0.25, 0.3) is 5.91 Å². The molecule has 2 saturated heterocycles. The van der Waals surface area contributed by atoms with Crippen LogP contribution in [0.3, 0.4) is 0 Å². The third kappa shape index (κ3) is 7.22. The van der Waals surface area contributed by atoms with Crippen LogP contribution in [0.5, 0.6) is 5.75 Å². The summed E-state index contributed by atoms with van der Waals surface area (Å²) in [6.07, 6.45) is 1.83. The van der Waals surface area contributed by atoms with Crippen molar-refractivity contribution in [3.05, 3.63) is 76.6 Å². The molecule has 8 rings (SSSR count). The fourth-order valence-corrected chi connectivity index (χ4v) is 8.35. The standard InChI is InChI=1S/C39H42F3N9O5/c1-47-32-19-26(10-11-30(32)51(38(47)55)31-12-13-35(52)45-37(31)54)49-16-14-48(15-17-49)21-23-6-8-25(9-7-23)50-22-24-18-29(33(56-2)20-28(24)46-50)44-36(53)27-4-3-5-34(43-27)39(40,41)42/h3-5,10-11,18-20,22-23,25,31H,6-9,12-17,21H2,1-2H3,(H,44,53)(H,45,52,54). The first-order valence-corrected chi connectivity index (χ1v) is 18.8. The lowest BCUT2D eigenvalue weighted by Crippen LogP contribution is -2.48. The molecule has 3 fully saturated rings. The van der Waals surface area contributed by atoms with Gasteiger partial charge in [0.15, 0.2) is 0 Å². The minimum Gasteiger partial charge on any atom is -0.494 e. The van der Waals surface area contributed by atoms with Crippen molar-refractivity contribution in [2.24, 2.45) is 13.0 Å². The third-order valence-electron chi connectivity index (χ3n) is 11.4. The topological polar surface area (TPSA) is 149 Å². The van der Waals surface area contributed by atoms with Gasteiger partial charge in [0.05, 0.1) is 35.4 Å². The van der Waals surface area contributed by atoms with Crippen LogP contribution in [0, 0.1) is 5.92 Å². The van der Waals surface area contributed by atoms with Gasteiger partial charge in [-0.3, -0.25) is 38.4 Å². The summed E-state index contributed by atoms with van der Waals surface area (Å²) in [7, 11) is 3.16. The van der Waals surface area contributed by atoms with E-state index in [4.69, 9.17) is 9.84 Å². The summed E-state index contributed by atoms with van der Waals surface area (Å²) in [4.78, 5) is 58.7. The minimum absolute atomic E-state index is 0.199. The molecule has 3 aromatic heterocycles. The molecule has 1 aliphatic carbocycles. The maximum atomic E-state index is 13.2. The maximum Gasteiger partial charge on any atom is 0.433 e. The van der Waals surface area contributed by atoms with E-state index < -0.39 is 29.7 Å². The zero-order chi connectivity index (χ0) is 39.3. The monoisotopic (exact) mass is 773 g/mol. The number of imide groups is 1. The number of alkyl halides is 3. The molecule has 14 nitrogen and oxygen atoms in total. The quantitative estimate of drug-likeness (QED) is 0.210. The van der Waals surface area contributed by atoms with Gasteiger partial charge < -0.3 is 15.0 Å². The van der Waals surface area contributed by atoms with Crippen molar-refractivity contribution in [3.8, 4) is 5.75 Å². The zero-order valence-electron chi connectivity index (χ0n) is 31.0. The molecule has 17 heteroatoms. The first kappa shape index (κ1) is 37.2. The molecule has 2 N–H and O–H groups in total. The molecule has 1 saturated carbocycles. The van der Waals surface area contributed by atoms with Gasteiger partial charge in [0.2, 0.25) is 11.8 Å². The number of fused-ring (bicyclic) bond motifs is 2. The lowest BCUT2D eigenvalue weighted by molar-refractivity contribution is -0.141. The SMILES string of the molecule is COc1cc2nn(C3CCC(CN4CCN(c5ccc6c(c5)n(C)c(=O)n6C5CCC(=O)NC5=O)CC4)CC3)cc2cc1NC(=O)c1cccc(C(F)(F)F)n1. The Bertz CT molecular complexity index is 2390. The van der Waals surface area contributed by atoms with E-state index in [1.54, 1.807) is 23.7 Å². The summed E-state index contributed by atoms with van der Waals surface area (Å²) in [5.41, 5.74) is 1.67. The second-order valence-corrected chi connectivity index (χ2v) is 14.9. The number of amides is 3. The maximum absolute atomic E-state index is 13.2. The molecule has 294 valence electrons. The second kappa shape index (κ2) is 14.7. The highest BCUT2D eigenvalue weighted by molar-refractivity contribution is 6.05. The van der Waals surface area contributed by atoms with Crippen LogP contribution < -0.4 is 26.0 Å². The Kier molecular flexibility index (Phi) is 9.80. The third-order valence-corrected chi connectivity index (χ3v) is 11.4. The number of nitrogens with one attached hydrogen (secondary N) is 2. The van der Waals surface area contributed by atoms with Gasteiger partial charge in [-0.1, -0.05) is 6.07 Å². The van der Waals surface area contributed by atoms with Gasteiger partial charge in [0, 0.05) is 69.5 Å². The molecular weight excluding hydrogens is 731 g/mol. The minimum atomic E-state index is -4.67. The first-order chi connectivity index (χ1) is 26.9. The fraction of sp³-hybridized carbons (Fsp3) is 0.436. The number of ether oxygens (including phenoxy) is 1. The molecule has 0 spiro atoms. The number of imidazole rings is 1. The number of benzene rings is 2. The second-order valence-electron chi connectivity index (χ2n) is 14.9. The van der Waals surface area contributed by atoms with E-state index in [0.717, 1.165) is 87.1 Å². The number of aromatic nitrogens is 5. The fourth-order valence-electron chi connectivity index (χ4n) is 8.35. The number of pyridine rings is 1. The van der Waals surface area contributed by atoms with Gasteiger partial charge in [-0.15, -0.1) is 0 Å². The molecule has 2 aromatic carbocycles. The van der Waals surface area contributed by atoms with Crippen molar-refractivity contribution in [2.45, 2.75) is 56.8 Å². The number of nitrogens with zero attached hydrogens (tertiary/aromatic N) is 7. The number of piperazine rings is 1. The molecular formula is C39H42F3N9O5. The number of rotatable bonds is 8. The van der Waals surface area contributed by atoms with Crippen molar-refractivity contribution < 1.29 is 32.3 Å². The van der Waals surface area contributed by atoms with Crippen LogP contribution in [0.25, 0.3) is 21.9 Å². The average Bonchev–Trinajstić information content (AvgIpc) is 3.71. The molecule has 3 amide bonds. The van der Waals surface area contributed by atoms with Gasteiger partial charge in [-0.05, 0) is 74.4 Å². The Morgan fingerprint density at radius 2 is 1.73 bits per heavy atom. The van der Waals surface area contributed by atoms with Gasteiger partial charge in [0.1, 0.15) is 23.2 Å². The number of hydrogen-bond donors (Lipinski definition) is 2. The number of hydrogen-bond acceptors (Lipinski definition) is 9. The number of carbonyl (C=O) groups excluding carboxylic acids is 3. The van der Waals surface area contributed by atoms with Gasteiger partial charge >= 0.3 is 11.9 Å². The molecule has 2 aliphatic heterocycles. The highest BCUT2D eigenvalue weighted by Gasteiger charge is 2.34. The van der Waals surface area contributed by atoms with Crippen LogP contribution in [0.1, 0.15) is 66.8 Å². The van der Waals surface area contributed by atoms with Crippen molar-refractivity contribution in [3.63, 3.8) is 0 Å². The Labute approximate surface area is 319 Å². The summed E-state index contributed by atoms with van der Waals surface area (Å²) in [5, 5.41) is 10.6. The molecule has 5 aromatic rings. The number of methoxy groups -OCH3 is 1. The van der Waals surface area contributed by atoms with E-state index in [9.17, 15) is 32.3 Å². The van der Waals surface area contributed by atoms with Crippen molar-refractivity contribution in [1.82, 2.24) is 34.1 Å². The van der Waals surface area contributed by atoms with Crippen molar-refractivity contribution >= 4 is 51.0 Å². The lowest BCUT2D eigenvalue weighted by Gasteiger charge is -2.39. The summed E-state index contributed by atoms with van der Waals surface area (Å²) in [5.74, 6) is -0.646. The number of aryl methyl sites for hydroxylation is 1. The molecule has 1 atom stereocenters. The average molecular weight is 774 g/mol. The summed E-state index contributed by atoms with van der Waals surface area (Å²) in [6.45, 7) is 4.56. The van der Waals surface area contributed by atoms with E-state index in [1.165, 1.54) is 17.7 Å². The lowest BCUT2D eigenvalue weighted by atomic mass is 9.85. The summed E-state index contributed by atoms with van der Waals surface area (Å²) >= 11 is 0. The normalized spacial score (nSPS) is 21.1. The van der Waals surface area contributed by atoms with E-state index in [1.807, 2.05) is 29.1 Å². The van der Waals surface area contributed by atoms with Crippen LogP contribution in [0.2, 0.25) is 0 Å². The van der Waals surface area contributed by atoms with Crippen molar-refractivity contribution in [1.29, 1.82) is 0 Å². The van der Waals surface area contributed by atoms with Crippen LogP contribution in [-0.2, 0) is 22.8 Å². The van der Waals surface area contributed by atoms with E-state index in [0.29, 0.717) is 34.8 Å². The highest BCUT2D eigenvalue weighted by Crippen LogP contribution is 2.36. The number of halogens is 3. The van der Waals surface area contributed by atoms with Crippen molar-refractivity contribution in [2.75, 3.05) is 50.1 Å². The molecule has 5 heterocycles. The summed E-state index contributed by atoms with van der Waals surface area (Å²) < 4.78 is 50.0. The Hall–Kier alpha value is -5.71. The molecule has 0 bridgehead atoms. The van der Waals surface area contributed by atoms with E-state index in [-0.39, 0.29) is 29.8 Å². The van der Waals surface area contributed by atoms with Crippen LogP contribution in [0.15, 0.2) is 59.5 Å². The zero-order valence-corrected chi connectivity index (χ0v) is 31.0. The van der Waals surface area contributed by atoms with Gasteiger partial charge in [-0.25, -0.2) is 9.78 Å². The number of piperidine rings is 1. The first-order valence-electron chi connectivity index (χ1n) is 18.8. The Balaban J connectivity index is 0.859. The van der Waals surface area contributed by atoms with Crippen LogP contribution in [0.4, 0.5) is 24.5 Å². The predicted octanol–water partition coefficient (Wildman–Crippen LogP) is 4.90. The van der Waals surface area contributed by atoms with Gasteiger partial charge in [-0.2, -0.15) is 18.3 Å².